The van der Waals surface area contributed by atoms with Crippen LogP contribution in [-0.4, -0.2) is 11.9 Å². The molecule has 0 spiro atoms. The summed E-state index contributed by atoms with van der Waals surface area (Å²) in [4.78, 5) is 11.3. The number of alkyl halides is 3. The highest BCUT2D eigenvalue weighted by Crippen LogP contribution is 2.28. The van der Waals surface area contributed by atoms with E-state index in [-0.39, 0.29) is 24.9 Å². The van der Waals surface area contributed by atoms with Gasteiger partial charge in [0.25, 0.3) is 0 Å². The quantitative estimate of drug-likeness (QED) is 0.870. The molecule has 0 fully saturated rings. The van der Waals surface area contributed by atoms with Gasteiger partial charge in [0, 0.05) is 19.0 Å². The van der Waals surface area contributed by atoms with E-state index < -0.39 is 11.7 Å². The third-order valence-corrected chi connectivity index (χ3v) is 2.28. The summed E-state index contributed by atoms with van der Waals surface area (Å²) in [6.45, 7) is 1.90. The molecule has 1 atom stereocenters. The summed E-state index contributed by atoms with van der Waals surface area (Å²) in [5, 5.41) is 2.59. The average molecular weight is 260 g/mol. The molecule has 0 radical (unpaired) electrons. The van der Waals surface area contributed by atoms with E-state index in [1.807, 2.05) is 0 Å². The number of benzene rings is 1. The van der Waals surface area contributed by atoms with E-state index in [9.17, 15) is 18.0 Å². The Labute approximate surface area is 103 Å². The lowest BCUT2D eigenvalue weighted by molar-refractivity contribution is -0.137. The standard InChI is InChI=1S/C12H15F3N2O/c1-8(16)6-11(18)17-7-9-2-4-10(5-3-9)12(13,14)15/h2-5,8H,6-7,16H2,1H3,(H,17,18). The lowest BCUT2D eigenvalue weighted by Gasteiger charge is -2.09. The normalized spacial score (nSPS) is 13.2. The van der Waals surface area contributed by atoms with Crippen molar-refractivity contribution in [3.8, 4) is 0 Å². The molecule has 0 aromatic heterocycles. The van der Waals surface area contributed by atoms with Crippen LogP contribution in [0.1, 0.15) is 24.5 Å². The summed E-state index contributed by atoms with van der Waals surface area (Å²) in [5.74, 6) is -0.218. The van der Waals surface area contributed by atoms with Gasteiger partial charge in [0.05, 0.1) is 5.56 Å². The number of carbonyl (C=O) groups excluding carboxylic acids is 1. The van der Waals surface area contributed by atoms with Gasteiger partial charge < -0.3 is 11.1 Å². The molecule has 18 heavy (non-hydrogen) atoms. The Balaban J connectivity index is 2.52. The van der Waals surface area contributed by atoms with Gasteiger partial charge in [-0.2, -0.15) is 13.2 Å². The maximum absolute atomic E-state index is 12.3. The molecule has 0 aliphatic rings. The highest BCUT2D eigenvalue weighted by molar-refractivity contribution is 5.76. The van der Waals surface area contributed by atoms with Gasteiger partial charge in [-0.1, -0.05) is 12.1 Å². The van der Waals surface area contributed by atoms with Gasteiger partial charge in [-0.25, -0.2) is 0 Å². The first kappa shape index (κ1) is 14.5. The molecule has 1 aromatic carbocycles. The zero-order valence-corrected chi connectivity index (χ0v) is 9.92. The van der Waals surface area contributed by atoms with Gasteiger partial charge in [0.15, 0.2) is 0 Å². The highest BCUT2D eigenvalue weighted by atomic mass is 19.4. The second-order valence-electron chi connectivity index (χ2n) is 4.15. The molecule has 6 heteroatoms. The maximum Gasteiger partial charge on any atom is 0.416 e. The average Bonchev–Trinajstić information content (AvgIpc) is 2.25. The fraction of sp³-hybridized carbons (Fsp3) is 0.417. The summed E-state index contributed by atoms with van der Waals surface area (Å²) in [7, 11) is 0. The topological polar surface area (TPSA) is 55.1 Å². The van der Waals surface area contributed by atoms with E-state index in [1.54, 1.807) is 6.92 Å². The molecule has 0 aliphatic carbocycles. The van der Waals surface area contributed by atoms with Gasteiger partial charge in [0.1, 0.15) is 0 Å². The van der Waals surface area contributed by atoms with Crippen LogP contribution >= 0.6 is 0 Å². The molecule has 0 heterocycles. The van der Waals surface area contributed by atoms with Gasteiger partial charge in [0.2, 0.25) is 5.91 Å². The van der Waals surface area contributed by atoms with Crippen molar-refractivity contribution in [1.29, 1.82) is 0 Å². The molecule has 0 aliphatic heterocycles. The van der Waals surface area contributed by atoms with Crippen molar-refractivity contribution >= 4 is 5.91 Å². The van der Waals surface area contributed by atoms with Crippen molar-refractivity contribution in [2.45, 2.75) is 32.1 Å². The van der Waals surface area contributed by atoms with Crippen molar-refractivity contribution in [3.63, 3.8) is 0 Å². The lowest BCUT2D eigenvalue weighted by Crippen LogP contribution is -2.29. The molecular weight excluding hydrogens is 245 g/mol. The first-order valence-electron chi connectivity index (χ1n) is 5.47. The molecule has 0 saturated carbocycles. The molecule has 1 rings (SSSR count). The molecule has 0 bridgehead atoms. The van der Waals surface area contributed by atoms with Crippen LogP contribution in [0.2, 0.25) is 0 Å². The maximum atomic E-state index is 12.3. The molecule has 3 nitrogen and oxygen atoms in total. The Kier molecular flexibility index (Phi) is 4.72. The van der Waals surface area contributed by atoms with Crippen molar-refractivity contribution in [1.82, 2.24) is 5.32 Å². The lowest BCUT2D eigenvalue weighted by atomic mass is 10.1. The Bertz CT molecular complexity index is 399. The molecule has 100 valence electrons. The fourth-order valence-corrected chi connectivity index (χ4v) is 1.38. The van der Waals surface area contributed by atoms with E-state index in [2.05, 4.69) is 5.32 Å². The third-order valence-electron chi connectivity index (χ3n) is 2.28. The van der Waals surface area contributed by atoms with Crippen molar-refractivity contribution in [3.05, 3.63) is 35.4 Å². The summed E-state index contributed by atoms with van der Waals surface area (Å²) < 4.78 is 36.9. The van der Waals surface area contributed by atoms with Crippen LogP contribution < -0.4 is 11.1 Å². The largest absolute Gasteiger partial charge is 0.416 e. The van der Waals surface area contributed by atoms with E-state index in [1.165, 1.54) is 12.1 Å². The number of halogens is 3. The molecule has 0 saturated heterocycles. The van der Waals surface area contributed by atoms with Crippen LogP contribution in [0.5, 0.6) is 0 Å². The van der Waals surface area contributed by atoms with E-state index in [0.717, 1.165) is 12.1 Å². The molecule has 1 aromatic rings. The fourth-order valence-electron chi connectivity index (χ4n) is 1.38. The third kappa shape index (κ3) is 4.75. The van der Waals surface area contributed by atoms with Crippen molar-refractivity contribution < 1.29 is 18.0 Å². The van der Waals surface area contributed by atoms with E-state index >= 15 is 0 Å². The Morgan fingerprint density at radius 1 is 1.33 bits per heavy atom. The van der Waals surface area contributed by atoms with Gasteiger partial charge in [-0.3, -0.25) is 4.79 Å². The van der Waals surface area contributed by atoms with Crippen LogP contribution in [0.25, 0.3) is 0 Å². The van der Waals surface area contributed by atoms with Crippen LogP contribution in [0.15, 0.2) is 24.3 Å². The Hall–Kier alpha value is -1.56. The predicted molar refractivity (Wildman–Crippen MR) is 61.6 cm³/mol. The molecule has 1 amide bonds. The van der Waals surface area contributed by atoms with Crippen LogP contribution in [0.4, 0.5) is 13.2 Å². The van der Waals surface area contributed by atoms with Crippen LogP contribution in [0.3, 0.4) is 0 Å². The number of hydrogen-bond acceptors (Lipinski definition) is 2. The number of nitrogens with two attached hydrogens (primary N) is 1. The van der Waals surface area contributed by atoms with Gasteiger partial charge in [-0.15, -0.1) is 0 Å². The summed E-state index contributed by atoms with van der Waals surface area (Å²) in [6, 6.07) is 4.43. The number of hydrogen-bond donors (Lipinski definition) is 2. The highest BCUT2D eigenvalue weighted by Gasteiger charge is 2.29. The number of amides is 1. The zero-order chi connectivity index (χ0) is 13.8. The van der Waals surface area contributed by atoms with Crippen LogP contribution in [0, 0.1) is 0 Å². The summed E-state index contributed by atoms with van der Waals surface area (Å²) >= 11 is 0. The summed E-state index contributed by atoms with van der Waals surface area (Å²) in [5.41, 5.74) is 5.36. The predicted octanol–water partition coefficient (Wildman–Crippen LogP) is 2.06. The number of nitrogens with one attached hydrogen (secondary N) is 1. The minimum Gasteiger partial charge on any atom is -0.352 e. The second kappa shape index (κ2) is 5.86. The van der Waals surface area contributed by atoms with E-state index in [0.29, 0.717) is 5.56 Å². The minimum atomic E-state index is -4.34. The Morgan fingerprint density at radius 2 is 1.89 bits per heavy atom. The zero-order valence-electron chi connectivity index (χ0n) is 9.92. The molecule has 1 unspecified atom stereocenters. The van der Waals surface area contributed by atoms with E-state index in [4.69, 9.17) is 5.73 Å². The van der Waals surface area contributed by atoms with Crippen LogP contribution in [-0.2, 0) is 17.5 Å². The van der Waals surface area contributed by atoms with Crippen molar-refractivity contribution in [2.75, 3.05) is 0 Å². The molecule has 3 N–H and O–H groups in total. The first-order chi connectivity index (χ1) is 8.29. The minimum absolute atomic E-state index is 0.195. The monoisotopic (exact) mass is 260 g/mol. The number of rotatable bonds is 4. The van der Waals surface area contributed by atoms with Crippen molar-refractivity contribution in [2.24, 2.45) is 5.73 Å². The van der Waals surface area contributed by atoms with Gasteiger partial charge in [-0.05, 0) is 24.6 Å². The smallest absolute Gasteiger partial charge is 0.352 e. The van der Waals surface area contributed by atoms with Gasteiger partial charge >= 0.3 is 6.18 Å². The molecular formula is C12H15F3N2O. The Morgan fingerprint density at radius 3 is 2.33 bits per heavy atom. The number of carbonyl (C=O) groups is 1. The second-order valence-corrected chi connectivity index (χ2v) is 4.15. The first-order valence-corrected chi connectivity index (χ1v) is 5.47. The summed E-state index contributed by atoms with van der Waals surface area (Å²) in [6.07, 6.45) is -4.14. The SMILES string of the molecule is CC(N)CC(=O)NCc1ccc(C(F)(F)F)cc1.